The number of hydroxylamine groups is 2. The number of benzene rings is 2. The van der Waals surface area contributed by atoms with Gasteiger partial charge < -0.3 is 0 Å². The SMILES string of the molecule is COC(=O)C1([Se]c2ccccc2)CC[C@@H]2CN1C(=O)N2OCc1ccccc1. The molecule has 0 saturated carbocycles. The van der Waals surface area contributed by atoms with E-state index in [1.54, 1.807) is 4.90 Å². The first-order valence-electron chi connectivity index (χ1n) is 9.24. The Morgan fingerprint density at radius 2 is 1.82 bits per heavy atom. The molecule has 0 aliphatic carbocycles. The van der Waals surface area contributed by atoms with Crippen LogP contribution in [0.3, 0.4) is 0 Å². The summed E-state index contributed by atoms with van der Waals surface area (Å²) in [6.45, 7) is 0.809. The molecule has 2 fully saturated rings. The summed E-state index contributed by atoms with van der Waals surface area (Å²) in [7, 11) is 1.39. The van der Waals surface area contributed by atoms with Gasteiger partial charge in [0.2, 0.25) is 0 Å². The molecule has 6 nitrogen and oxygen atoms in total. The number of hydrogen-bond donors (Lipinski definition) is 0. The second-order valence-electron chi connectivity index (χ2n) is 6.86. The number of nitrogens with zero attached hydrogens (tertiary/aromatic N) is 2. The summed E-state index contributed by atoms with van der Waals surface area (Å²) in [4.78, 5) is 33.6. The Balaban J connectivity index is 1.56. The molecule has 146 valence electrons. The van der Waals surface area contributed by atoms with Crippen LogP contribution in [-0.2, 0) is 21.0 Å². The topological polar surface area (TPSA) is 59.1 Å². The van der Waals surface area contributed by atoms with Crippen LogP contribution in [0.2, 0.25) is 0 Å². The molecule has 2 aliphatic heterocycles. The molecule has 2 bridgehead atoms. The maximum absolute atomic E-state index is 13.2. The van der Waals surface area contributed by atoms with Crippen molar-refractivity contribution >= 4 is 31.4 Å². The molecule has 2 amide bonds. The minimum absolute atomic E-state index is 0.0411. The third-order valence-electron chi connectivity index (χ3n) is 5.14. The molecular weight excluding hydrogens is 423 g/mol. The number of esters is 1. The Bertz CT molecular complexity index is 848. The second-order valence-corrected chi connectivity index (χ2v) is 9.70. The maximum atomic E-state index is 13.2. The summed E-state index contributed by atoms with van der Waals surface area (Å²) in [5.74, 6) is -0.340. The van der Waals surface area contributed by atoms with Gasteiger partial charge in [0.05, 0.1) is 0 Å². The number of ether oxygens (including phenoxy) is 1. The quantitative estimate of drug-likeness (QED) is 0.504. The molecule has 2 aliphatic rings. The van der Waals surface area contributed by atoms with Gasteiger partial charge in [-0.25, -0.2) is 0 Å². The van der Waals surface area contributed by atoms with Crippen molar-refractivity contribution in [3.63, 3.8) is 0 Å². The Morgan fingerprint density at radius 1 is 1.14 bits per heavy atom. The third kappa shape index (κ3) is 3.41. The van der Waals surface area contributed by atoms with Crippen molar-refractivity contribution in [2.75, 3.05) is 13.7 Å². The standard InChI is InChI=1S/C21H22N2O4Se/c1-26-19(24)21(28-18-10-6-3-7-11-18)13-12-17-14-22(21)20(25)23(17)27-15-16-8-4-2-5-9-16/h2-11,17H,12-15H2,1H3/t17-,21?/m1/s1. The predicted molar refractivity (Wildman–Crippen MR) is 105 cm³/mol. The molecule has 1 unspecified atom stereocenters. The summed E-state index contributed by atoms with van der Waals surface area (Å²) in [5.41, 5.74) is 1.000. The first kappa shape index (κ1) is 19.0. The van der Waals surface area contributed by atoms with Crippen LogP contribution in [-0.4, -0.2) is 61.1 Å². The van der Waals surface area contributed by atoms with Crippen molar-refractivity contribution in [2.45, 2.75) is 29.9 Å². The molecule has 0 aromatic heterocycles. The minimum atomic E-state index is -0.929. The van der Waals surface area contributed by atoms with Crippen LogP contribution in [0.4, 0.5) is 4.79 Å². The molecular formula is C21H22N2O4Se. The van der Waals surface area contributed by atoms with Gasteiger partial charge in [-0.05, 0) is 0 Å². The summed E-state index contributed by atoms with van der Waals surface area (Å²) < 4.78 is 5.29. The van der Waals surface area contributed by atoms with Crippen LogP contribution < -0.4 is 4.46 Å². The Hall–Kier alpha value is -2.34. The number of rotatable bonds is 6. The van der Waals surface area contributed by atoms with Crippen LogP contribution in [0.25, 0.3) is 0 Å². The van der Waals surface area contributed by atoms with E-state index < -0.39 is 4.44 Å². The van der Waals surface area contributed by atoms with Gasteiger partial charge >= 0.3 is 170 Å². The average molecular weight is 445 g/mol. The fraction of sp³-hybridized carbons (Fsp3) is 0.333. The Morgan fingerprint density at radius 3 is 2.50 bits per heavy atom. The van der Waals surface area contributed by atoms with Gasteiger partial charge in [0.15, 0.2) is 0 Å². The fourth-order valence-corrected chi connectivity index (χ4v) is 6.52. The van der Waals surface area contributed by atoms with Crippen LogP contribution >= 0.6 is 0 Å². The van der Waals surface area contributed by atoms with E-state index in [0.717, 1.165) is 10.0 Å². The summed E-state index contributed by atoms with van der Waals surface area (Å²) in [6, 6.07) is 19.3. The number of urea groups is 1. The van der Waals surface area contributed by atoms with Crippen LogP contribution in [0.1, 0.15) is 18.4 Å². The number of fused-ring (bicyclic) bond motifs is 2. The van der Waals surface area contributed by atoms with E-state index >= 15 is 0 Å². The van der Waals surface area contributed by atoms with Crippen molar-refractivity contribution in [2.24, 2.45) is 0 Å². The van der Waals surface area contributed by atoms with E-state index in [-0.39, 0.29) is 33.0 Å². The third-order valence-corrected chi connectivity index (χ3v) is 8.16. The average Bonchev–Trinajstić information content (AvgIpc) is 3.01. The molecule has 2 atom stereocenters. The van der Waals surface area contributed by atoms with Crippen molar-refractivity contribution in [1.82, 2.24) is 9.96 Å². The Labute approximate surface area is 170 Å². The molecule has 2 saturated heterocycles. The van der Waals surface area contributed by atoms with Gasteiger partial charge in [0, 0.05) is 0 Å². The zero-order chi connectivity index (χ0) is 19.6. The second kappa shape index (κ2) is 7.95. The number of carbonyl (C=O) groups excluding carboxylic acids is 2. The van der Waals surface area contributed by atoms with Gasteiger partial charge in [-0.3, -0.25) is 0 Å². The summed E-state index contributed by atoms with van der Waals surface area (Å²) in [6.07, 6.45) is 1.29. The molecule has 0 radical (unpaired) electrons. The van der Waals surface area contributed by atoms with Crippen LogP contribution in [0, 0.1) is 0 Å². The number of piperidine rings is 1. The number of hydrogen-bond acceptors (Lipinski definition) is 4. The van der Waals surface area contributed by atoms with E-state index in [1.165, 1.54) is 12.2 Å². The zero-order valence-electron chi connectivity index (χ0n) is 15.6. The number of methoxy groups -OCH3 is 1. The molecule has 0 N–H and O–H groups in total. The van der Waals surface area contributed by atoms with E-state index in [2.05, 4.69) is 0 Å². The van der Waals surface area contributed by atoms with Crippen molar-refractivity contribution in [1.29, 1.82) is 0 Å². The number of carbonyl (C=O) groups is 2. The van der Waals surface area contributed by atoms with Gasteiger partial charge in [-0.1, -0.05) is 0 Å². The molecule has 4 rings (SSSR count). The molecule has 2 aromatic rings. The van der Waals surface area contributed by atoms with E-state index in [4.69, 9.17) is 9.57 Å². The van der Waals surface area contributed by atoms with Crippen LogP contribution in [0.15, 0.2) is 60.7 Å². The van der Waals surface area contributed by atoms with Gasteiger partial charge in [-0.2, -0.15) is 0 Å². The molecule has 7 heteroatoms. The van der Waals surface area contributed by atoms with Crippen molar-refractivity contribution in [3.05, 3.63) is 66.2 Å². The normalized spacial score (nSPS) is 23.8. The van der Waals surface area contributed by atoms with E-state index in [9.17, 15) is 9.59 Å². The summed E-state index contributed by atoms with van der Waals surface area (Å²) in [5, 5.41) is 1.46. The Kier molecular flexibility index (Phi) is 5.40. The van der Waals surface area contributed by atoms with Crippen molar-refractivity contribution < 1.29 is 19.2 Å². The predicted octanol–water partition coefficient (Wildman–Crippen LogP) is 1.92. The fourth-order valence-electron chi connectivity index (χ4n) is 3.73. The molecule has 0 spiro atoms. The summed E-state index contributed by atoms with van der Waals surface area (Å²) >= 11 is -0.266. The van der Waals surface area contributed by atoms with Gasteiger partial charge in [-0.15, -0.1) is 0 Å². The van der Waals surface area contributed by atoms with E-state index in [1.807, 2.05) is 60.7 Å². The number of amides is 2. The molecule has 2 aromatic carbocycles. The first-order chi connectivity index (χ1) is 13.6. The zero-order valence-corrected chi connectivity index (χ0v) is 17.3. The van der Waals surface area contributed by atoms with Gasteiger partial charge in [0.1, 0.15) is 0 Å². The van der Waals surface area contributed by atoms with Gasteiger partial charge in [0.25, 0.3) is 0 Å². The van der Waals surface area contributed by atoms with E-state index in [0.29, 0.717) is 26.0 Å². The van der Waals surface area contributed by atoms with Crippen molar-refractivity contribution in [3.8, 4) is 0 Å². The molecule has 2 heterocycles. The first-order valence-corrected chi connectivity index (χ1v) is 11.0. The van der Waals surface area contributed by atoms with Crippen LogP contribution in [0.5, 0.6) is 0 Å². The monoisotopic (exact) mass is 446 g/mol. The molecule has 28 heavy (non-hydrogen) atoms.